The highest BCUT2D eigenvalue weighted by Crippen LogP contribution is 2.35. The zero-order chi connectivity index (χ0) is 33.8. The lowest BCUT2D eigenvalue weighted by Gasteiger charge is -2.22. The van der Waals surface area contributed by atoms with Crippen molar-refractivity contribution in [1.29, 1.82) is 0 Å². The fraction of sp³-hybridized carbons (Fsp3) is 0.281. The van der Waals surface area contributed by atoms with Gasteiger partial charge >= 0.3 is 6.03 Å². The summed E-state index contributed by atoms with van der Waals surface area (Å²) in [6.45, 7) is 3.20. The van der Waals surface area contributed by atoms with Crippen LogP contribution in [-0.2, 0) is 11.2 Å². The monoisotopic (exact) mass is 668 g/mol. The van der Waals surface area contributed by atoms with Crippen LogP contribution in [0, 0.1) is 0 Å². The number of urea groups is 1. The highest BCUT2D eigenvalue weighted by atomic mass is 32.2. The number of anilines is 1. The first-order valence-corrected chi connectivity index (χ1v) is 15.3. The number of ether oxygens (including phenoxy) is 3. The first-order valence-electron chi connectivity index (χ1n) is 14.3. The van der Waals surface area contributed by atoms with E-state index in [0.717, 1.165) is 23.6 Å². The molecule has 0 unspecified atom stereocenters. The van der Waals surface area contributed by atoms with Gasteiger partial charge in [0.25, 0.3) is 0 Å². The van der Waals surface area contributed by atoms with E-state index in [0.29, 0.717) is 34.3 Å². The maximum Gasteiger partial charge on any atom is 0.345 e. The Morgan fingerprint density at radius 3 is 2.34 bits per heavy atom. The number of rotatable bonds is 11. The van der Waals surface area contributed by atoms with E-state index in [-0.39, 0.29) is 28.9 Å². The van der Waals surface area contributed by atoms with Crippen molar-refractivity contribution in [2.75, 3.05) is 24.5 Å². The summed E-state index contributed by atoms with van der Waals surface area (Å²) in [5.41, 5.74) is 1.81. The van der Waals surface area contributed by atoms with Crippen molar-refractivity contribution in [1.82, 2.24) is 20.1 Å². The molecule has 3 aromatic carbocycles. The minimum atomic E-state index is -3.03. The molecule has 246 valence electrons. The molecule has 0 atom stereocenters. The van der Waals surface area contributed by atoms with Crippen LogP contribution in [0.2, 0.25) is 0 Å². The summed E-state index contributed by atoms with van der Waals surface area (Å²) in [4.78, 5) is 34.9. The molecule has 1 N–H and O–H groups in total. The molecule has 2 heterocycles. The fourth-order valence-electron chi connectivity index (χ4n) is 4.52. The minimum Gasteiger partial charge on any atom is -0.497 e. The van der Waals surface area contributed by atoms with Gasteiger partial charge in [0.2, 0.25) is 17.7 Å². The number of aliphatic imine (C=N–C) groups is 1. The van der Waals surface area contributed by atoms with Crippen molar-refractivity contribution >= 4 is 34.6 Å². The zero-order valence-electron chi connectivity index (χ0n) is 25.9. The lowest BCUT2D eigenvalue weighted by molar-refractivity contribution is -0.115. The lowest BCUT2D eigenvalue weighted by atomic mass is 10.0. The first-order chi connectivity index (χ1) is 22.3. The maximum absolute atomic E-state index is 13.9. The quantitative estimate of drug-likeness (QED) is 0.182. The predicted molar refractivity (Wildman–Crippen MR) is 171 cm³/mol. The topological polar surface area (TPSA) is 120 Å². The summed E-state index contributed by atoms with van der Waals surface area (Å²) in [5.74, 6) is -3.58. The van der Waals surface area contributed by atoms with Crippen LogP contribution in [-0.4, -0.2) is 63.2 Å². The van der Waals surface area contributed by atoms with Crippen molar-refractivity contribution in [3.05, 3.63) is 78.6 Å². The highest BCUT2D eigenvalue weighted by molar-refractivity contribution is 8.15. The summed E-state index contributed by atoms with van der Waals surface area (Å²) in [5, 5.41) is 7.04. The predicted octanol–water partition coefficient (Wildman–Crippen LogP) is 6.41. The van der Waals surface area contributed by atoms with Gasteiger partial charge in [0.05, 0.1) is 24.2 Å². The van der Waals surface area contributed by atoms with Gasteiger partial charge in [-0.25, -0.2) is 23.2 Å². The summed E-state index contributed by atoms with van der Waals surface area (Å²) in [6, 6.07) is 17.3. The number of aromatic nitrogens is 3. The molecule has 0 aliphatic carbocycles. The second kappa shape index (κ2) is 13.7. The standard InChI is InChI=1S/C32H31F3N6O5S/c1-31(2,33)46-24-13-8-22(9-14-24)40-18-36-28(39-40)20-5-10-23(11-6-20)45-19-37-29(43)38-30-41(27(42)17-47-30)26-15-25(44-4)12-7-21(26)16-32(3,34)35/h5-15,18H,16-17,19H2,1-4H3,(H,37,43)/b38-30-. The number of nitrogens with zero attached hydrogens (tertiary/aromatic N) is 5. The first kappa shape index (κ1) is 33.3. The Labute approximate surface area is 272 Å². The molecular formula is C32H31F3N6O5S. The summed E-state index contributed by atoms with van der Waals surface area (Å²) < 4.78 is 59.1. The van der Waals surface area contributed by atoms with E-state index < -0.39 is 30.1 Å². The zero-order valence-corrected chi connectivity index (χ0v) is 26.7. The van der Waals surface area contributed by atoms with Crippen LogP contribution in [0.5, 0.6) is 17.2 Å². The number of hydrogen-bond acceptors (Lipinski definition) is 8. The second-order valence-corrected chi connectivity index (χ2v) is 11.9. The van der Waals surface area contributed by atoms with E-state index in [1.54, 1.807) is 59.5 Å². The van der Waals surface area contributed by atoms with Crippen molar-refractivity contribution in [3.63, 3.8) is 0 Å². The Hall–Kier alpha value is -5.05. The Bertz CT molecular complexity index is 1770. The van der Waals surface area contributed by atoms with Crippen LogP contribution in [0.25, 0.3) is 17.1 Å². The van der Waals surface area contributed by atoms with Gasteiger partial charge in [-0.1, -0.05) is 17.8 Å². The summed E-state index contributed by atoms with van der Waals surface area (Å²) in [6.07, 6.45) is 0.938. The number of benzene rings is 3. The maximum atomic E-state index is 13.9. The molecule has 0 spiro atoms. The number of halogens is 3. The molecule has 1 aliphatic heterocycles. The number of methoxy groups -OCH3 is 1. The van der Waals surface area contributed by atoms with Gasteiger partial charge in [-0.05, 0) is 67.1 Å². The number of carbonyl (C=O) groups is 2. The largest absolute Gasteiger partial charge is 0.497 e. The summed E-state index contributed by atoms with van der Waals surface area (Å²) in [7, 11) is 1.42. The van der Waals surface area contributed by atoms with Crippen LogP contribution < -0.4 is 24.4 Å². The van der Waals surface area contributed by atoms with Crippen LogP contribution in [0.3, 0.4) is 0 Å². The lowest BCUT2D eigenvalue weighted by Crippen LogP contribution is -2.33. The Morgan fingerprint density at radius 1 is 1.00 bits per heavy atom. The van der Waals surface area contributed by atoms with E-state index in [1.807, 2.05) is 0 Å². The molecule has 1 aromatic heterocycles. The normalized spacial score (nSPS) is 14.4. The average Bonchev–Trinajstić information content (AvgIpc) is 3.64. The fourth-order valence-corrected chi connectivity index (χ4v) is 5.38. The third-order valence-electron chi connectivity index (χ3n) is 6.53. The molecule has 1 fully saturated rings. The van der Waals surface area contributed by atoms with E-state index in [1.165, 1.54) is 39.2 Å². The average molecular weight is 669 g/mol. The molecule has 1 aliphatic rings. The Morgan fingerprint density at radius 2 is 1.68 bits per heavy atom. The molecule has 0 saturated carbocycles. The number of nitrogens with one attached hydrogen (secondary N) is 1. The molecular weight excluding hydrogens is 637 g/mol. The Kier molecular flexibility index (Phi) is 9.75. The van der Waals surface area contributed by atoms with Gasteiger partial charge in [-0.2, -0.15) is 9.38 Å². The van der Waals surface area contributed by atoms with E-state index in [4.69, 9.17) is 14.2 Å². The molecule has 0 radical (unpaired) electrons. The van der Waals surface area contributed by atoms with Crippen LogP contribution in [0.15, 0.2) is 78.0 Å². The Balaban J connectivity index is 1.19. The SMILES string of the molecule is COc1ccc(CC(C)(F)F)c(N2C(=O)CS/C2=N\C(=O)NCOc2ccc(-c3ncn(-c4ccc(OC(C)(C)F)cc4)n3)cc2)c1. The van der Waals surface area contributed by atoms with Gasteiger partial charge in [-0.3, -0.25) is 9.69 Å². The van der Waals surface area contributed by atoms with Crippen molar-refractivity contribution < 1.29 is 37.0 Å². The molecule has 47 heavy (non-hydrogen) atoms. The molecule has 0 bridgehead atoms. The van der Waals surface area contributed by atoms with E-state index in [9.17, 15) is 22.8 Å². The van der Waals surface area contributed by atoms with Crippen molar-refractivity contribution in [2.24, 2.45) is 4.99 Å². The van der Waals surface area contributed by atoms with Gasteiger partial charge in [0, 0.05) is 31.9 Å². The van der Waals surface area contributed by atoms with Crippen molar-refractivity contribution in [2.45, 2.75) is 39.0 Å². The molecule has 5 rings (SSSR count). The molecule has 4 aromatic rings. The molecule has 15 heteroatoms. The van der Waals surface area contributed by atoms with E-state index >= 15 is 0 Å². The van der Waals surface area contributed by atoms with Crippen LogP contribution >= 0.6 is 11.8 Å². The highest BCUT2D eigenvalue weighted by Gasteiger charge is 2.34. The number of thioether (sulfide) groups is 1. The summed E-state index contributed by atoms with van der Waals surface area (Å²) >= 11 is 1.02. The smallest absolute Gasteiger partial charge is 0.345 e. The number of hydrogen-bond donors (Lipinski definition) is 1. The third-order valence-corrected chi connectivity index (χ3v) is 7.45. The van der Waals surface area contributed by atoms with Crippen molar-refractivity contribution in [3.8, 4) is 34.3 Å². The van der Waals surface area contributed by atoms with Gasteiger partial charge in [-0.15, -0.1) is 5.10 Å². The molecule has 3 amide bonds. The molecule has 11 nitrogen and oxygen atoms in total. The van der Waals surface area contributed by atoms with Gasteiger partial charge in [0.1, 0.15) is 23.6 Å². The number of amidine groups is 1. The molecule has 1 saturated heterocycles. The number of carbonyl (C=O) groups excluding carboxylic acids is 2. The van der Waals surface area contributed by atoms with Gasteiger partial charge < -0.3 is 19.5 Å². The van der Waals surface area contributed by atoms with E-state index in [2.05, 4.69) is 20.4 Å². The third kappa shape index (κ3) is 8.82. The van der Waals surface area contributed by atoms with Crippen LogP contribution in [0.1, 0.15) is 26.3 Å². The second-order valence-electron chi connectivity index (χ2n) is 10.9. The minimum absolute atomic E-state index is 0.0125. The van der Waals surface area contributed by atoms with Crippen LogP contribution in [0.4, 0.5) is 23.7 Å². The van der Waals surface area contributed by atoms with Gasteiger partial charge in [0.15, 0.2) is 17.7 Å². The number of alkyl halides is 3. The number of amides is 3.